The molecule has 2 aromatic carbocycles. The van der Waals surface area contributed by atoms with Gasteiger partial charge in [0.15, 0.2) is 0 Å². The zero-order valence-electron chi connectivity index (χ0n) is 18.2. The number of urea groups is 1. The van der Waals surface area contributed by atoms with Gasteiger partial charge < -0.3 is 10.1 Å². The molecule has 3 amide bonds. The maximum absolute atomic E-state index is 13.4. The van der Waals surface area contributed by atoms with Crippen LogP contribution in [0.3, 0.4) is 0 Å². The Morgan fingerprint density at radius 1 is 1.19 bits per heavy atom. The molecule has 0 radical (unpaired) electrons. The summed E-state index contributed by atoms with van der Waals surface area (Å²) in [6, 6.07) is 15.2. The van der Waals surface area contributed by atoms with E-state index >= 15 is 0 Å². The van der Waals surface area contributed by atoms with Gasteiger partial charge in [0, 0.05) is 6.54 Å². The van der Waals surface area contributed by atoms with Crippen molar-refractivity contribution in [2.45, 2.75) is 38.3 Å². The minimum Gasteiger partial charge on any atom is -0.494 e. The van der Waals surface area contributed by atoms with E-state index in [4.69, 9.17) is 9.72 Å². The predicted octanol–water partition coefficient (Wildman–Crippen LogP) is 4.26. The molecule has 0 unspecified atom stereocenters. The van der Waals surface area contributed by atoms with E-state index in [1.54, 1.807) is 18.3 Å². The van der Waals surface area contributed by atoms with Crippen molar-refractivity contribution >= 4 is 33.5 Å². The Hall–Kier alpha value is -2.97. The molecule has 2 atom stereocenters. The zero-order valence-corrected chi connectivity index (χ0v) is 19.0. The van der Waals surface area contributed by atoms with E-state index in [-0.39, 0.29) is 24.6 Å². The summed E-state index contributed by atoms with van der Waals surface area (Å²) in [6.45, 7) is 5.35. The number of fused-ring (bicyclic) bond motifs is 1. The van der Waals surface area contributed by atoms with Crippen molar-refractivity contribution in [2.24, 2.45) is 0 Å². The summed E-state index contributed by atoms with van der Waals surface area (Å²) in [6.07, 6.45) is 1.99. The molecule has 2 aliphatic heterocycles. The molecule has 1 aromatic heterocycles. The van der Waals surface area contributed by atoms with Gasteiger partial charge in [0.2, 0.25) is 0 Å². The summed E-state index contributed by atoms with van der Waals surface area (Å²) in [5, 5.41) is 3.95. The highest BCUT2D eigenvalue weighted by Crippen LogP contribution is 2.37. The molecule has 5 rings (SSSR count). The molecule has 1 N–H and O–H groups in total. The first kappa shape index (κ1) is 20.9. The first-order valence-corrected chi connectivity index (χ1v) is 11.8. The molecule has 0 bridgehead atoms. The van der Waals surface area contributed by atoms with Gasteiger partial charge in [-0.15, -0.1) is 11.3 Å². The number of aromatic nitrogens is 1. The standard InChI is InChI=1S/C24H26N4O3S/c1-3-31-17-12-10-16(11-13-17)24(2)22(29)28(23(30)26-24)15-27-14-6-8-19(27)21-25-18-7-4-5-9-20(18)32-21/h4-5,7,9-13,19H,3,6,8,14-15H2,1-2H3,(H,26,30)/t19-,24-/m1/s1. The topological polar surface area (TPSA) is 74.8 Å². The van der Waals surface area contributed by atoms with Crippen LogP contribution in [0, 0.1) is 0 Å². The van der Waals surface area contributed by atoms with Crippen molar-refractivity contribution in [1.82, 2.24) is 20.1 Å². The highest BCUT2D eigenvalue weighted by atomic mass is 32.1. The third-order valence-corrected chi connectivity index (χ3v) is 7.44. The molecule has 2 saturated heterocycles. The summed E-state index contributed by atoms with van der Waals surface area (Å²) in [7, 11) is 0. The number of ether oxygens (including phenoxy) is 1. The van der Waals surface area contributed by atoms with Gasteiger partial charge in [-0.25, -0.2) is 14.7 Å². The van der Waals surface area contributed by atoms with Gasteiger partial charge in [-0.05, 0) is 56.5 Å². The van der Waals surface area contributed by atoms with Gasteiger partial charge in [-0.2, -0.15) is 0 Å². The minimum absolute atomic E-state index is 0.116. The van der Waals surface area contributed by atoms with Crippen LogP contribution in [0.2, 0.25) is 0 Å². The summed E-state index contributed by atoms with van der Waals surface area (Å²) in [5.41, 5.74) is 0.649. The molecule has 0 saturated carbocycles. The van der Waals surface area contributed by atoms with E-state index in [1.807, 2.05) is 49.4 Å². The molecule has 3 heterocycles. The Bertz CT molecular complexity index is 1130. The number of para-hydroxylation sites is 1. The summed E-state index contributed by atoms with van der Waals surface area (Å²) in [5.74, 6) is 0.505. The van der Waals surface area contributed by atoms with E-state index in [2.05, 4.69) is 16.3 Å². The summed E-state index contributed by atoms with van der Waals surface area (Å²) in [4.78, 5) is 34.6. The average molecular weight is 451 g/mol. The number of carbonyl (C=O) groups excluding carboxylic acids is 2. The molecule has 3 aromatic rings. The minimum atomic E-state index is -1.09. The smallest absolute Gasteiger partial charge is 0.326 e. The van der Waals surface area contributed by atoms with Crippen molar-refractivity contribution in [3.8, 4) is 5.75 Å². The predicted molar refractivity (Wildman–Crippen MR) is 124 cm³/mol. The van der Waals surface area contributed by atoms with Crippen LogP contribution < -0.4 is 10.1 Å². The lowest BCUT2D eigenvalue weighted by Crippen LogP contribution is -2.43. The van der Waals surface area contributed by atoms with Gasteiger partial charge in [0.05, 0.1) is 29.5 Å². The maximum atomic E-state index is 13.4. The maximum Gasteiger partial charge on any atom is 0.326 e. The van der Waals surface area contributed by atoms with Gasteiger partial charge in [0.25, 0.3) is 5.91 Å². The van der Waals surface area contributed by atoms with Gasteiger partial charge >= 0.3 is 6.03 Å². The normalized spacial score (nSPS) is 23.8. The van der Waals surface area contributed by atoms with Gasteiger partial charge in [0.1, 0.15) is 16.3 Å². The molecule has 166 valence electrons. The highest BCUT2D eigenvalue weighted by molar-refractivity contribution is 7.18. The number of hydrogen-bond acceptors (Lipinski definition) is 6. The third-order valence-electron chi connectivity index (χ3n) is 6.30. The van der Waals surface area contributed by atoms with Crippen molar-refractivity contribution in [3.05, 3.63) is 59.1 Å². The molecule has 7 nitrogen and oxygen atoms in total. The SMILES string of the molecule is CCOc1ccc([C@@]2(C)NC(=O)N(CN3CCC[C@@H]3c3nc4ccccc4s3)C2=O)cc1. The summed E-state index contributed by atoms with van der Waals surface area (Å²) < 4.78 is 6.66. The van der Waals surface area contributed by atoms with Crippen LogP contribution in [0.25, 0.3) is 10.2 Å². The number of rotatable bonds is 6. The Kier molecular flexibility index (Phi) is 5.35. The van der Waals surface area contributed by atoms with Crippen LogP contribution in [0.5, 0.6) is 5.75 Å². The van der Waals surface area contributed by atoms with Crippen molar-refractivity contribution < 1.29 is 14.3 Å². The van der Waals surface area contributed by atoms with E-state index in [9.17, 15) is 9.59 Å². The first-order valence-electron chi connectivity index (χ1n) is 11.0. The van der Waals surface area contributed by atoms with Crippen LogP contribution in [-0.2, 0) is 10.3 Å². The lowest BCUT2D eigenvalue weighted by molar-refractivity contribution is -0.132. The largest absolute Gasteiger partial charge is 0.494 e. The lowest BCUT2D eigenvalue weighted by Gasteiger charge is -2.27. The molecule has 8 heteroatoms. The number of thiazole rings is 1. The van der Waals surface area contributed by atoms with Crippen LogP contribution >= 0.6 is 11.3 Å². The van der Waals surface area contributed by atoms with E-state index in [0.29, 0.717) is 6.61 Å². The Balaban J connectivity index is 1.35. The lowest BCUT2D eigenvalue weighted by atomic mass is 9.92. The van der Waals surface area contributed by atoms with Crippen molar-refractivity contribution in [2.75, 3.05) is 19.8 Å². The van der Waals surface area contributed by atoms with Crippen LogP contribution in [0.4, 0.5) is 4.79 Å². The summed E-state index contributed by atoms with van der Waals surface area (Å²) >= 11 is 1.69. The Morgan fingerprint density at radius 3 is 2.72 bits per heavy atom. The first-order chi connectivity index (χ1) is 15.5. The van der Waals surface area contributed by atoms with E-state index in [1.165, 1.54) is 4.90 Å². The van der Waals surface area contributed by atoms with E-state index in [0.717, 1.165) is 45.9 Å². The molecule has 0 spiro atoms. The molecular weight excluding hydrogens is 424 g/mol. The van der Waals surface area contributed by atoms with Crippen LogP contribution in [0.1, 0.15) is 43.3 Å². The number of carbonyl (C=O) groups is 2. The van der Waals surface area contributed by atoms with Crippen LogP contribution in [-0.4, -0.2) is 46.5 Å². The molecular formula is C24H26N4O3S. The quantitative estimate of drug-likeness (QED) is 0.568. The molecule has 32 heavy (non-hydrogen) atoms. The number of imide groups is 1. The third kappa shape index (κ3) is 3.53. The average Bonchev–Trinajstić information content (AvgIpc) is 3.48. The molecule has 0 aliphatic carbocycles. The molecule has 2 fully saturated rings. The van der Waals surface area contributed by atoms with Gasteiger partial charge in [-0.3, -0.25) is 9.69 Å². The Labute approximate surface area is 191 Å². The highest BCUT2D eigenvalue weighted by Gasteiger charge is 2.50. The second-order valence-corrected chi connectivity index (χ2v) is 9.44. The number of amides is 3. The van der Waals surface area contributed by atoms with Gasteiger partial charge in [-0.1, -0.05) is 24.3 Å². The fourth-order valence-electron chi connectivity index (χ4n) is 4.56. The van der Waals surface area contributed by atoms with Crippen molar-refractivity contribution in [3.63, 3.8) is 0 Å². The number of hydrogen-bond donors (Lipinski definition) is 1. The second-order valence-electron chi connectivity index (χ2n) is 8.38. The second kappa shape index (κ2) is 8.18. The number of benzene rings is 2. The zero-order chi connectivity index (χ0) is 22.3. The number of likely N-dealkylation sites (tertiary alicyclic amines) is 1. The van der Waals surface area contributed by atoms with Crippen molar-refractivity contribution in [1.29, 1.82) is 0 Å². The monoisotopic (exact) mass is 450 g/mol. The van der Waals surface area contributed by atoms with E-state index < -0.39 is 5.54 Å². The Morgan fingerprint density at radius 2 is 1.97 bits per heavy atom. The fraction of sp³-hybridized carbons (Fsp3) is 0.375. The fourth-order valence-corrected chi connectivity index (χ4v) is 5.70. The van der Waals surface area contributed by atoms with Crippen LogP contribution in [0.15, 0.2) is 48.5 Å². The molecule has 2 aliphatic rings. The number of nitrogens with zero attached hydrogens (tertiary/aromatic N) is 3. The number of nitrogens with one attached hydrogen (secondary N) is 1.